The van der Waals surface area contributed by atoms with E-state index in [-0.39, 0.29) is 17.5 Å². The first-order chi connectivity index (χ1) is 8.99. The van der Waals surface area contributed by atoms with Crippen LogP contribution in [0.4, 0.5) is 8.78 Å². The lowest BCUT2D eigenvalue weighted by molar-refractivity contribution is 0.172. The maximum Gasteiger partial charge on any atom is 0.164 e. The molecule has 0 aromatic heterocycles. The van der Waals surface area contributed by atoms with Crippen molar-refractivity contribution >= 4 is 15.9 Å². The summed E-state index contributed by atoms with van der Waals surface area (Å²) in [5.41, 5.74) is 1.08. The minimum Gasteiger partial charge on any atom is -0.388 e. The Kier molecular flexibility index (Phi) is 4.32. The zero-order chi connectivity index (χ0) is 14.0. The third-order valence-electron chi connectivity index (χ3n) is 3.01. The van der Waals surface area contributed by atoms with Gasteiger partial charge in [-0.2, -0.15) is 0 Å². The average molecular weight is 327 g/mol. The van der Waals surface area contributed by atoms with E-state index in [9.17, 15) is 13.9 Å². The molecule has 1 N–H and O–H groups in total. The Morgan fingerprint density at radius 3 is 2.32 bits per heavy atom. The molecule has 0 radical (unpaired) electrons. The summed E-state index contributed by atoms with van der Waals surface area (Å²) in [4.78, 5) is 0. The van der Waals surface area contributed by atoms with Crippen LogP contribution in [0.5, 0.6) is 0 Å². The quantitative estimate of drug-likeness (QED) is 0.891. The summed E-state index contributed by atoms with van der Waals surface area (Å²) >= 11 is 3.31. The minimum atomic E-state index is -1.06. The van der Waals surface area contributed by atoms with Crippen LogP contribution in [-0.2, 0) is 6.42 Å². The zero-order valence-electron chi connectivity index (χ0n) is 10.3. The van der Waals surface area contributed by atoms with Crippen LogP contribution in [-0.4, -0.2) is 5.11 Å². The maximum absolute atomic E-state index is 13.7. The summed E-state index contributed by atoms with van der Waals surface area (Å²) in [6.07, 6.45) is -0.816. The van der Waals surface area contributed by atoms with Crippen molar-refractivity contribution in [2.75, 3.05) is 0 Å². The fraction of sp³-hybridized carbons (Fsp3) is 0.200. The van der Waals surface area contributed by atoms with Crippen molar-refractivity contribution in [3.8, 4) is 0 Å². The molecule has 2 rings (SSSR count). The molecule has 0 fully saturated rings. The van der Waals surface area contributed by atoms with Crippen LogP contribution in [0.1, 0.15) is 22.8 Å². The second kappa shape index (κ2) is 5.80. The highest BCUT2D eigenvalue weighted by Gasteiger charge is 2.17. The van der Waals surface area contributed by atoms with E-state index in [0.717, 1.165) is 10.0 Å². The van der Waals surface area contributed by atoms with E-state index in [1.54, 1.807) is 0 Å². The number of rotatable bonds is 3. The Labute approximate surface area is 119 Å². The molecule has 0 heterocycles. The molecule has 0 aliphatic rings. The van der Waals surface area contributed by atoms with Crippen molar-refractivity contribution in [3.05, 3.63) is 69.2 Å². The second-order valence-electron chi connectivity index (χ2n) is 4.45. The molecule has 100 valence electrons. The van der Waals surface area contributed by atoms with Gasteiger partial charge in [-0.15, -0.1) is 0 Å². The van der Waals surface area contributed by atoms with Gasteiger partial charge in [0.25, 0.3) is 0 Å². The minimum absolute atomic E-state index is 0.00832. The van der Waals surface area contributed by atoms with E-state index in [1.165, 1.54) is 19.1 Å². The molecule has 0 aliphatic heterocycles. The van der Waals surface area contributed by atoms with Gasteiger partial charge in [-0.1, -0.05) is 40.2 Å². The summed E-state index contributed by atoms with van der Waals surface area (Å²) in [5.74, 6) is -1.86. The van der Waals surface area contributed by atoms with Crippen molar-refractivity contribution in [2.24, 2.45) is 0 Å². The van der Waals surface area contributed by atoms with Gasteiger partial charge in [0.1, 0.15) is 0 Å². The molecule has 0 saturated carbocycles. The van der Waals surface area contributed by atoms with Gasteiger partial charge in [0.05, 0.1) is 6.10 Å². The van der Waals surface area contributed by atoms with Gasteiger partial charge < -0.3 is 5.11 Å². The highest BCUT2D eigenvalue weighted by atomic mass is 79.9. The summed E-state index contributed by atoms with van der Waals surface area (Å²) in [5, 5.41) is 10.0. The van der Waals surface area contributed by atoms with Crippen molar-refractivity contribution in [2.45, 2.75) is 19.4 Å². The third kappa shape index (κ3) is 3.19. The molecule has 0 bridgehead atoms. The third-order valence-corrected chi connectivity index (χ3v) is 3.54. The predicted octanol–water partition coefficient (Wildman–Crippen LogP) is 4.31. The first-order valence-corrected chi connectivity index (χ1v) is 6.65. The summed E-state index contributed by atoms with van der Waals surface area (Å²) in [6.45, 7) is 1.49. The maximum atomic E-state index is 13.7. The smallest absolute Gasteiger partial charge is 0.164 e. The highest BCUT2D eigenvalue weighted by molar-refractivity contribution is 9.10. The number of hydrogen-bond donors (Lipinski definition) is 1. The average Bonchev–Trinajstić information content (AvgIpc) is 2.39. The monoisotopic (exact) mass is 326 g/mol. The molecule has 2 aromatic carbocycles. The van der Waals surface area contributed by atoms with E-state index in [1.807, 2.05) is 24.3 Å². The fourth-order valence-corrected chi connectivity index (χ4v) is 2.14. The van der Waals surface area contributed by atoms with Crippen LogP contribution in [0.25, 0.3) is 0 Å². The molecule has 0 saturated heterocycles. The van der Waals surface area contributed by atoms with Gasteiger partial charge in [0.15, 0.2) is 11.6 Å². The molecule has 19 heavy (non-hydrogen) atoms. The summed E-state index contributed by atoms with van der Waals surface area (Å²) in [7, 11) is 0. The lowest BCUT2D eigenvalue weighted by Gasteiger charge is -2.13. The van der Waals surface area contributed by atoms with Crippen LogP contribution in [0, 0.1) is 18.6 Å². The molecular formula is C15H13BrF2O. The lowest BCUT2D eigenvalue weighted by atomic mass is 9.99. The molecule has 1 unspecified atom stereocenters. The van der Waals surface area contributed by atoms with Crippen LogP contribution >= 0.6 is 15.9 Å². The van der Waals surface area contributed by atoms with Crippen molar-refractivity contribution in [1.82, 2.24) is 0 Å². The van der Waals surface area contributed by atoms with E-state index in [4.69, 9.17) is 0 Å². The Morgan fingerprint density at radius 2 is 1.68 bits per heavy atom. The first-order valence-electron chi connectivity index (χ1n) is 5.86. The topological polar surface area (TPSA) is 20.2 Å². The Morgan fingerprint density at radius 1 is 1.05 bits per heavy atom. The molecular weight excluding hydrogens is 314 g/mol. The molecule has 4 heteroatoms. The number of hydrogen-bond acceptors (Lipinski definition) is 1. The number of aryl methyl sites for hydroxylation is 1. The number of aliphatic hydroxyl groups is 1. The van der Waals surface area contributed by atoms with Crippen LogP contribution < -0.4 is 0 Å². The summed E-state index contributed by atoms with van der Waals surface area (Å²) < 4.78 is 28.1. The molecule has 0 aliphatic carbocycles. The van der Waals surface area contributed by atoms with Gasteiger partial charge in [-0.3, -0.25) is 0 Å². The van der Waals surface area contributed by atoms with Gasteiger partial charge in [0, 0.05) is 16.5 Å². The molecule has 1 atom stereocenters. The van der Waals surface area contributed by atoms with Crippen LogP contribution in [0.3, 0.4) is 0 Å². The van der Waals surface area contributed by atoms with E-state index in [2.05, 4.69) is 15.9 Å². The van der Waals surface area contributed by atoms with E-state index >= 15 is 0 Å². The number of aliphatic hydroxyl groups excluding tert-OH is 1. The van der Waals surface area contributed by atoms with Gasteiger partial charge >= 0.3 is 0 Å². The second-order valence-corrected chi connectivity index (χ2v) is 5.36. The molecule has 2 aromatic rings. The Hall–Kier alpha value is -1.26. The number of halogens is 3. The first kappa shape index (κ1) is 14.2. The van der Waals surface area contributed by atoms with Crippen LogP contribution in [0.2, 0.25) is 0 Å². The van der Waals surface area contributed by atoms with Crippen molar-refractivity contribution in [3.63, 3.8) is 0 Å². The molecule has 1 nitrogen and oxygen atoms in total. The molecule has 0 amide bonds. The van der Waals surface area contributed by atoms with Gasteiger partial charge in [0.2, 0.25) is 0 Å². The number of benzene rings is 2. The van der Waals surface area contributed by atoms with Gasteiger partial charge in [-0.05, 0) is 30.2 Å². The lowest BCUT2D eigenvalue weighted by Crippen LogP contribution is -2.06. The van der Waals surface area contributed by atoms with Crippen molar-refractivity contribution < 1.29 is 13.9 Å². The highest BCUT2D eigenvalue weighted by Crippen LogP contribution is 2.25. The largest absolute Gasteiger partial charge is 0.388 e. The molecule has 0 spiro atoms. The van der Waals surface area contributed by atoms with Crippen molar-refractivity contribution in [1.29, 1.82) is 0 Å². The zero-order valence-corrected chi connectivity index (χ0v) is 11.9. The van der Waals surface area contributed by atoms with Crippen LogP contribution in [0.15, 0.2) is 40.9 Å². The van der Waals surface area contributed by atoms with Gasteiger partial charge in [-0.25, -0.2) is 8.78 Å². The normalized spacial score (nSPS) is 12.5. The SMILES string of the molecule is Cc1ccc(C(O)Cc2ccc(Br)cc2)c(F)c1F. The van der Waals surface area contributed by atoms with E-state index in [0.29, 0.717) is 0 Å². The predicted molar refractivity (Wildman–Crippen MR) is 73.9 cm³/mol. The standard InChI is InChI=1S/C15H13BrF2O/c1-9-2-7-12(15(18)14(9)17)13(19)8-10-3-5-11(16)6-4-10/h2-7,13,19H,8H2,1H3. The Balaban J connectivity index is 2.23. The fourth-order valence-electron chi connectivity index (χ4n) is 1.87. The summed E-state index contributed by atoms with van der Waals surface area (Å²) in [6, 6.07) is 10.2. The van der Waals surface area contributed by atoms with E-state index < -0.39 is 17.7 Å². The Bertz CT molecular complexity index is 581.